The second-order valence-electron chi connectivity index (χ2n) is 15.9. The Morgan fingerprint density at radius 1 is 0.848 bits per heavy atom. The van der Waals surface area contributed by atoms with Gasteiger partial charge in [0.15, 0.2) is 0 Å². The van der Waals surface area contributed by atoms with Crippen molar-refractivity contribution in [3.63, 3.8) is 0 Å². The van der Waals surface area contributed by atoms with E-state index in [1.165, 1.54) is 106 Å². The van der Waals surface area contributed by atoms with E-state index in [0.29, 0.717) is 23.8 Å². The third kappa shape index (κ3) is 6.63. The molecule has 7 rings (SSSR count). The highest BCUT2D eigenvalue weighted by Gasteiger charge is 2.59. The number of hydrogen-bond donors (Lipinski definition) is 3. The van der Waals surface area contributed by atoms with Crippen molar-refractivity contribution in [1.82, 2.24) is 15.1 Å². The number of rotatable bonds is 7. The van der Waals surface area contributed by atoms with Crippen molar-refractivity contribution in [2.24, 2.45) is 23.0 Å². The van der Waals surface area contributed by atoms with Gasteiger partial charge >= 0.3 is 0 Å². The first-order chi connectivity index (χ1) is 22.5. The number of amides is 1. The SMILES string of the molecule is N=C(N)C1CCC2(C3CCCCCCCC3)CC(C(=O)N[C@H]3CC[C@H](N4CCCC4)CC3)N(Cc3cccc4ccccc34)C2C1. The molecule has 5 aliphatic rings. The van der Waals surface area contributed by atoms with Gasteiger partial charge in [-0.3, -0.25) is 15.1 Å². The number of amidine groups is 1. The Morgan fingerprint density at radius 3 is 2.28 bits per heavy atom. The Hall–Kier alpha value is -2.44. The van der Waals surface area contributed by atoms with E-state index in [1.54, 1.807) is 0 Å². The highest BCUT2D eigenvalue weighted by Crippen LogP contribution is 2.58. The van der Waals surface area contributed by atoms with Gasteiger partial charge in [0.2, 0.25) is 5.91 Å². The smallest absolute Gasteiger partial charge is 0.237 e. The van der Waals surface area contributed by atoms with Crippen LogP contribution in [0, 0.1) is 22.7 Å². The van der Waals surface area contributed by atoms with Gasteiger partial charge in [-0.1, -0.05) is 81.0 Å². The van der Waals surface area contributed by atoms with Crippen molar-refractivity contribution < 1.29 is 4.79 Å². The normalized spacial score (nSPS) is 33.6. The van der Waals surface area contributed by atoms with Crippen molar-refractivity contribution >= 4 is 22.5 Å². The second kappa shape index (κ2) is 14.4. The molecule has 3 saturated carbocycles. The number of hydrogen-bond acceptors (Lipinski definition) is 4. The molecule has 4 N–H and O–H groups in total. The molecular formula is C40H59N5O. The fraction of sp³-hybridized carbons (Fsp3) is 0.700. The molecule has 6 nitrogen and oxygen atoms in total. The largest absolute Gasteiger partial charge is 0.387 e. The molecule has 6 heteroatoms. The summed E-state index contributed by atoms with van der Waals surface area (Å²) in [6.45, 7) is 3.31. The fourth-order valence-corrected chi connectivity index (χ4v) is 10.8. The molecule has 2 saturated heterocycles. The van der Waals surface area contributed by atoms with Gasteiger partial charge in [0.25, 0.3) is 0 Å². The maximum absolute atomic E-state index is 14.6. The summed E-state index contributed by atoms with van der Waals surface area (Å²) in [5.74, 6) is 1.37. The predicted octanol–water partition coefficient (Wildman–Crippen LogP) is 7.78. The summed E-state index contributed by atoms with van der Waals surface area (Å²) < 4.78 is 0. The molecule has 0 aromatic heterocycles. The van der Waals surface area contributed by atoms with Crippen LogP contribution in [0.1, 0.15) is 121 Å². The molecule has 2 aliphatic heterocycles. The highest BCUT2D eigenvalue weighted by atomic mass is 16.2. The maximum atomic E-state index is 14.6. The third-order valence-electron chi connectivity index (χ3n) is 13.3. The summed E-state index contributed by atoms with van der Waals surface area (Å²) in [5, 5.41) is 14.7. The van der Waals surface area contributed by atoms with Gasteiger partial charge in [-0.15, -0.1) is 0 Å². The number of carbonyl (C=O) groups excluding carboxylic acids is 1. The molecule has 0 bridgehead atoms. The van der Waals surface area contributed by atoms with Crippen LogP contribution in [-0.2, 0) is 11.3 Å². The Balaban J connectivity index is 1.19. The lowest BCUT2D eigenvalue weighted by atomic mass is 9.58. The van der Waals surface area contributed by atoms with Crippen molar-refractivity contribution in [3.8, 4) is 0 Å². The molecule has 4 unspecified atom stereocenters. The van der Waals surface area contributed by atoms with Crippen LogP contribution in [-0.4, -0.2) is 58.8 Å². The van der Waals surface area contributed by atoms with Crippen molar-refractivity contribution in [2.45, 2.75) is 146 Å². The Morgan fingerprint density at radius 2 is 1.54 bits per heavy atom. The first-order valence-electron chi connectivity index (χ1n) is 19.1. The van der Waals surface area contributed by atoms with E-state index in [4.69, 9.17) is 11.1 Å². The number of carbonyl (C=O) groups is 1. The quantitative estimate of drug-likeness (QED) is 0.217. The third-order valence-corrected chi connectivity index (χ3v) is 13.3. The van der Waals surface area contributed by atoms with Crippen LogP contribution in [0.5, 0.6) is 0 Å². The number of fused-ring (bicyclic) bond motifs is 2. The number of benzene rings is 2. The fourth-order valence-electron chi connectivity index (χ4n) is 10.8. The lowest BCUT2D eigenvalue weighted by molar-refractivity contribution is -0.127. The van der Waals surface area contributed by atoms with Gasteiger partial charge in [0.1, 0.15) is 0 Å². The molecule has 5 fully saturated rings. The molecule has 1 amide bonds. The minimum Gasteiger partial charge on any atom is -0.387 e. The van der Waals surface area contributed by atoms with Gasteiger partial charge in [-0.2, -0.15) is 0 Å². The van der Waals surface area contributed by atoms with E-state index in [1.807, 2.05) is 0 Å². The number of nitrogens with one attached hydrogen (secondary N) is 2. The molecule has 2 heterocycles. The predicted molar refractivity (Wildman–Crippen MR) is 189 cm³/mol. The maximum Gasteiger partial charge on any atom is 0.237 e. The van der Waals surface area contributed by atoms with Crippen LogP contribution in [0.2, 0.25) is 0 Å². The van der Waals surface area contributed by atoms with Crippen molar-refractivity contribution in [2.75, 3.05) is 13.1 Å². The van der Waals surface area contributed by atoms with Crippen LogP contribution in [0.15, 0.2) is 42.5 Å². The van der Waals surface area contributed by atoms with E-state index >= 15 is 0 Å². The van der Waals surface area contributed by atoms with E-state index in [-0.39, 0.29) is 29.3 Å². The summed E-state index contributed by atoms with van der Waals surface area (Å²) in [6.07, 6.45) is 21.9. The van der Waals surface area contributed by atoms with Gasteiger partial charge in [-0.05, 0) is 118 Å². The van der Waals surface area contributed by atoms with E-state index in [2.05, 4.69) is 57.6 Å². The molecule has 4 atom stereocenters. The summed E-state index contributed by atoms with van der Waals surface area (Å²) in [7, 11) is 0. The van der Waals surface area contributed by atoms with Crippen LogP contribution in [0.3, 0.4) is 0 Å². The lowest BCUT2D eigenvalue weighted by Gasteiger charge is -2.49. The van der Waals surface area contributed by atoms with Crippen LogP contribution < -0.4 is 11.1 Å². The Bertz CT molecular complexity index is 1330. The first-order valence-corrected chi connectivity index (χ1v) is 19.1. The molecule has 2 aromatic rings. The van der Waals surface area contributed by atoms with Crippen LogP contribution >= 0.6 is 0 Å². The zero-order chi connectivity index (χ0) is 31.5. The Kier molecular flexibility index (Phi) is 10.0. The van der Waals surface area contributed by atoms with Gasteiger partial charge in [0.05, 0.1) is 11.9 Å². The first kappa shape index (κ1) is 32.1. The molecule has 46 heavy (non-hydrogen) atoms. The Labute approximate surface area is 277 Å². The molecular weight excluding hydrogens is 566 g/mol. The van der Waals surface area contributed by atoms with Gasteiger partial charge in [0, 0.05) is 30.6 Å². The molecule has 2 aromatic carbocycles. The summed E-state index contributed by atoms with van der Waals surface area (Å²) in [6, 6.07) is 16.6. The molecule has 0 radical (unpaired) electrons. The average Bonchev–Trinajstić information content (AvgIpc) is 3.75. The van der Waals surface area contributed by atoms with Gasteiger partial charge < -0.3 is 16.0 Å². The lowest BCUT2D eigenvalue weighted by Crippen LogP contribution is -2.52. The number of nitrogens with zero attached hydrogens (tertiary/aromatic N) is 2. The highest BCUT2D eigenvalue weighted by molar-refractivity contribution is 5.86. The minimum absolute atomic E-state index is 0.118. The molecule has 0 spiro atoms. The second-order valence-corrected chi connectivity index (χ2v) is 15.9. The standard InChI is InChI=1S/C40H59N5O/c41-38(42)30-22-23-40(32-15-5-3-1-2-4-6-16-32)27-36(39(46)43-33-18-20-34(21-19-33)44-24-9-10-25-44)45(37(40)26-30)28-31-14-11-13-29-12-7-8-17-35(29)31/h7-8,11-14,17,30,32-34,36-37H,1-6,9-10,15-16,18-28H2,(H3,41,42)(H,43,46)/t30?,33-,34-,36?,37?,40?. The number of nitrogens with two attached hydrogens (primary N) is 1. The zero-order valence-corrected chi connectivity index (χ0v) is 28.2. The summed E-state index contributed by atoms with van der Waals surface area (Å²) in [4.78, 5) is 20.0. The van der Waals surface area contributed by atoms with Crippen molar-refractivity contribution in [1.29, 1.82) is 5.41 Å². The van der Waals surface area contributed by atoms with Gasteiger partial charge in [-0.25, -0.2) is 0 Å². The monoisotopic (exact) mass is 625 g/mol. The van der Waals surface area contributed by atoms with E-state index in [9.17, 15) is 4.79 Å². The minimum atomic E-state index is -0.126. The van der Waals surface area contributed by atoms with E-state index in [0.717, 1.165) is 45.1 Å². The van der Waals surface area contributed by atoms with E-state index < -0.39 is 0 Å². The average molecular weight is 626 g/mol. The van der Waals surface area contributed by atoms with Crippen LogP contribution in [0.4, 0.5) is 0 Å². The van der Waals surface area contributed by atoms with Crippen LogP contribution in [0.25, 0.3) is 10.8 Å². The van der Waals surface area contributed by atoms with Crippen molar-refractivity contribution in [3.05, 3.63) is 48.0 Å². The molecule has 250 valence electrons. The summed E-state index contributed by atoms with van der Waals surface area (Å²) in [5.41, 5.74) is 7.71. The molecule has 3 aliphatic carbocycles. The zero-order valence-electron chi connectivity index (χ0n) is 28.2. The number of likely N-dealkylation sites (tertiary alicyclic amines) is 2. The topological polar surface area (TPSA) is 85.4 Å². The summed E-state index contributed by atoms with van der Waals surface area (Å²) >= 11 is 0.